The maximum atomic E-state index is 11.2. The van der Waals surface area contributed by atoms with Crippen LogP contribution in [0.5, 0.6) is 0 Å². The molecular formula is C8H17N3O2. The highest BCUT2D eigenvalue weighted by molar-refractivity contribution is 5.81. The van der Waals surface area contributed by atoms with Crippen LogP contribution in [0.1, 0.15) is 6.92 Å². The van der Waals surface area contributed by atoms with Crippen molar-refractivity contribution in [3.8, 4) is 0 Å². The Morgan fingerprint density at radius 3 is 2.08 bits per heavy atom. The van der Waals surface area contributed by atoms with Crippen molar-refractivity contribution in [1.29, 1.82) is 0 Å². The van der Waals surface area contributed by atoms with Gasteiger partial charge in [-0.15, -0.1) is 0 Å². The van der Waals surface area contributed by atoms with Gasteiger partial charge in [-0.3, -0.25) is 14.5 Å². The number of hydrogen-bond donors (Lipinski definition) is 1. The molecule has 0 radical (unpaired) electrons. The first kappa shape index (κ1) is 11.9. The van der Waals surface area contributed by atoms with E-state index in [1.54, 1.807) is 33.0 Å². The average molecular weight is 187 g/mol. The Morgan fingerprint density at radius 2 is 1.77 bits per heavy atom. The molecule has 0 saturated carbocycles. The zero-order valence-electron chi connectivity index (χ0n) is 8.57. The van der Waals surface area contributed by atoms with Gasteiger partial charge >= 0.3 is 0 Å². The van der Waals surface area contributed by atoms with Crippen LogP contribution in [0.4, 0.5) is 0 Å². The molecule has 0 heterocycles. The molecule has 13 heavy (non-hydrogen) atoms. The normalized spacial score (nSPS) is 12.7. The molecule has 0 rings (SSSR count). The number of hydrogen-bond acceptors (Lipinski definition) is 3. The smallest absolute Gasteiger partial charge is 0.236 e. The Bertz CT molecular complexity index is 204. The summed E-state index contributed by atoms with van der Waals surface area (Å²) < 4.78 is 0. The van der Waals surface area contributed by atoms with E-state index >= 15 is 0 Å². The Kier molecular flexibility index (Phi) is 4.40. The highest BCUT2D eigenvalue weighted by Gasteiger charge is 2.17. The number of primary amides is 1. The highest BCUT2D eigenvalue weighted by atomic mass is 16.2. The van der Waals surface area contributed by atoms with E-state index in [0.29, 0.717) is 0 Å². The van der Waals surface area contributed by atoms with Crippen molar-refractivity contribution >= 4 is 11.8 Å². The molecule has 2 amide bonds. The fourth-order valence-electron chi connectivity index (χ4n) is 0.709. The molecule has 0 bridgehead atoms. The van der Waals surface area contributed by atoms with Crippen LogP contribution < -0.4 is 5.73 Å². The summed E-state index contributed by atoms with van der Waals surface area (Å²) in [5.74, 6) is -0.468. The first-order valence-electron chi connectivity index (χ1n) is 4.06. The molecule has 0 aliphatic rings. The van der Waals surface area contributed by atoms with Crippen LogP contribution in [-0.4, -0.2) is 55.3 Å². The highest BCUT2D eigenvalue weighted by Crippen LogP contribution is 1.94. The lowest BCUT2D eigenvalue weighted by atomic mass is 10.3. The van der Waals surface area contributed by atoms with Gasteiger partial charge in [0, 0.05) is 14.1 Å². The maximum Gasteiger partial charge on any atom is 0.236 e. The molecule has 0 saturated heterocycles. The van der Waals surface area contributed by atoms with Crippen LogP contribution in [0.3, 0.4) is 0 Å². The number of likely N-dealkylation sites (N-methyl/N-ethyl adjacent to an activating group) is 2. The second kappa shape index (κ2) is 4.81. The number of amides is 2. The molecule has 0 aromatic rings. The van der Waals surface area contributed by atoms with Crippen molar-refractivity contribution < 1.29 is 9.59 Å². The van der Waals surface area contributed by atoms with Crippen molar-refractivity contribution in [3.05, 3.63) is 0 Å². The predicted octanol–water partition coefficient (Wildman–Crippen LogP) is -1.12. The molecule has 0 spiro atoms. The molecule has 76 valence electrons. The van der Waals surface area contributed by atoms with Crippen molar-refractivity contribution in [2.75, 3.05) is 27.7 Å². The third kappa shape index (κ3) is 3.89. The standard InChI is InChI=1S/C8H17N3O2/c1-6(8(9)13)11(4)5-7(12)10(2)3/h6H,5H2,1-4H3,(H2,9,13). The molecule has 5 heteroatoms. The van der Waals surface area contributed by atoms with Gasteiger partial charge in [0.2, 0.25) is 11.8 Å². The average Bonchev–Trinajstić information content (AvgIpc) is 2.02. The van der Waals surface area contributed by atoms with Crippen LogP contribution in [0.15, 0.2) is 0 Å². The lowest BCUT2D eigenvalue weighted by molar-refractivity contribution is -0.131. The summed E-state index contributed by atoms with van der Waals surface area (Å²) >= 11 is 0. The number of carbonyl (C=O) groups excluding carboxylic acids is 2. The van der Waals surface area contributed by atoms with Crippen LogP contribution in [0.2, 0.25) is 0 Å². The van der Waals surface area contributed by atoms with E-state index in [2.05, 4.69) is 0 Å². The largest absolute Gasteiger partial charge is 0.368 e. The predicted molar refractivity (Wildman–Crippen MR) is 50.0 cm³/mol. The number of rotatable bonds is 4. The number of carbonyl (C=O) groups is 2. The summed E-state index contributed by atoms with van der Waals surface area (Å²) in [6.07, 6.45) is 0. The van der Waals surface area contributed by atoms with Gasteiger partial charge in [0.15, 0.2) is 0 Å². The van der Waals surface area contributed by atoms with E-state index in [1.807, 2.05) is 0 Å². The molecular weight excluding hydrogens is 170 g/mol. The van der Waals surface area contributed by atoms with Crippen LogP contribution in [0.25, 0.3) is 0 Å². The third-order valence-electron chi connectivity index (χ3n) is 1.96. The van der Waals surface area contributed by atoms with Crippen molar-refractivity contribution in [2.45, 2.75) is 13.0 Å². The van der Waals surface area contributed by atoms with E-state index in [9.17, 15) is 9.59 Å². The van der Waals surface area contributed by atoms with Gasteiger partial charge < -0.3 is 10.6 Å². The zero-order chi connectivity index (χ0) is 10.6. The topological polar surface area (TPSA) is 66.6 Å². The molecule has 0 aliphatic heterocycles. The van der Waals surface area contributed by atoms with E-state index in [-0.39, 0.29) is 12.5 Å². The minimum absolute atomic E-state index is 0.0457. The maximum absolute atomic E-state index is 11.2. The monoisotopic (exact) mass is 187 g/mol. The number of nitrogens with zero attached hydrogens (tertiary/aromatic N) is 2. The van der Waals surface area contributed by atoms with Gasteiger partial charge in [-0.1, -0.05) is 0 Å². The molecule has 1 unspecified atom stereocenters. The van der Waals surface area contributed by atoms with E-state index in [1.165, 1.54) is 4.90 Å². The second-order valence-corrected chi connectivity index (χ2v) is 3.28. The summed E-state index contributed by atoms with van der Waals surface area (Å²) in [5.41, 5.74) is 5.08. The molecule has 0 aromatic heterocycles. The first-order valence-corrected chi connectivity index (χ1v) is 4.06. The van der Waals surface area contributed by atoms with Crippen molar-refractivity contribution in [3.63, 3.8) is 0 Å². The molecule has 0 fully saturated rings. The summed E-state index contributed by atoms with van der Waals surface area (Å²) in [6.45, 7) is 1.88. The van der Waals surface area contributed by atoms with Gasteiger partial charge in [0.1, 0.15) is 0 Å². The molecule has 0 aliphatic carbocycles. The Labute approximate surface area is 78.5 Å². The number of nitrogens with two attached hydrogens (primary N) is 1. The lowest BCUT2D eigenvalue weighted by Gasteiger charge is -2.22. The minimum Gasteiger partial charge on any atom is -0.368 e. The van der Waals surface area contributed by atoms with E-state index in [4.69, 9.17) is 5.73 Å². The molecule has 0 aromatic carbocycles. The second-order valence-electron chi connectivity index (χ2n) is 3.28. The van der Waals surface area contributed by atoms with E-state index in [0.717, 1.165) is 0 Å². The molecule has 5 nitrogen and oxygen atoms in total. The lowest BCUT2D eigenvalue weighted by Crippen LogP contribution is -2.44. The molecule has 2 N–H and O–H groups in total. The summed E-state index contributed by atoms with van der Waals surface area (Å²) in [6, 6.07) is -0.413. The van der Waals surface area contributed by atoms with Gasteiger partial charge in [-0.2, -0.15) is 0 Å². The Hall–Kier alpha value is -1.10. The molecule has 1 atom stereocenters. The van der Waals surface area contributed by atoms with Gasteiger partial charge in [-0.25, -0.2) is 0 Å². The van der Waals surface area contributed by atoms with Crippen LogP contribution in [0, 0.1) is 0 Å². The van der Waals surface area contributed by atoms with Gasteiger partial charge in [-0.05, 0) is 14.0 Å². The van der Waals surface area contributed by atoms with Crippen molar-refractivity contribution in [2.24, 2.45) is 5.73 Å². The fourth-order valence-corrected chi connectivity index (χ4v) is 0.709. The quantitative estimate of drug-likeness (QED) is 0.606. The minimum atomic E-state index is -0.422. The SMILES string of the molecule is CC(C(N)=O)N(C)CC(=O)N(C)C. The van der Waals surface area contributed by atoms with Crippen molar-refractivity contribution in [1.82, 2.24) is 9.80 Å². The summed E-state index contributed by atoms with van der Waals surface area (Å²) in [7, 11) is 5.03. The Balaban J connectivity index is 4.07. The van der Waals surface area contributed by atoms with E-state index < -0.39 is 11.9 Å². The fraction of sp³-hybridized carbons (Fsp3) is 0.750. The van der Waals surface area contributed by atoms with Crippen LogP contribution in [-0.2, 0) is 9.59 Å². The van der Waals surface area contributed by atoms with Gasteiger partial charge in [0.25, 0.3) is 0 Å². The first-order chi connectivity index (χ1) is 5.86. The summed E-state index contributed by atoms with van der Waals surface area (Å²) in [4.78, 5) is 25.1. The third-order valence-corrected chi connectivity index (χ3v) is 1.96. The Morgan fingerprint density at radius 1 is 1.31 bits per heavy atom. The van der Waals surface area contributed by atoms with Gasteiger partial charge in [0.05, 0.1) is 12.6 Å². The summed E-state index contributed by atoms with van der Waals surface area (Å²) in [5, 5.41) is 0. The zero-order valence-corrected chi connectivity index (χ0v) is 8.57. The van der Waals surface area contributed by atoms with Crippen LogP contribution >= 0.6 is 0 Å².